The van der Waals surface area contributed by atoms with E-state index in [-0.39, 0.29) is 50.5 Å². The monoisotopic (exact) mass is 656 g/mol. The zero-order valence-corrected chi connectivity index (χ0v) is 26.1. The van der Waals surface area contributed by atoms with E-state index in [9.17, 15) is 23.9 Å². The number of rotatable bonds is 7. The average molecular weight is 658 g/mol. The molecule has 45 heavy (non-hydrogen) atoms. The van der Waals surface area contributed by atoms with Crippen LogP contribution in [0.3, 0.4) is 0 Å². The normalized spacial score (nSPS) is 16.7. The van der Waals surface area contributed by atoms with Crippen molar-refractivity contribution in [2.24, 2.45) is 5.73 Å². The number of phenols is 1. The molecule has 4 aromatic rings. The Morgan fingerprint density at radius 1 is 1.18 bits per heavy atom. The third-order valence-corrected chi connectivity index (χ3v) is 9.07. The molecule has 0 bridgehead atoms. The fraction of sp³-hybridized carbons (Fsp3) is 0.367. The number of carbonyl (C=O) groups is 2. The maximum absolute atomic E-state index is 14.9. The highest BCUT2D eigenvalue weighted by Crippen LogP contribution is 2.37. The number of likely N-dealkylation sites (N-methyl/N-ethyl adjacent to an activating group) is 1. The summed E-state index contributed by atoms with van der Waals surface area (Å²) in [7, 11) is 0. The van der Waals surface area contributed by atoms with Crippen LogP contribution in [0.15, 0.2) is 29.2 Å². The van der Waals surface area contributed by atoms with Gasteiger partial charge in [-0.2, -0.15) is 4.39 Å². The lowest BCUT2D eigenvalue weighted by atomic mass is 10.0. The van der Waals surface area contributed by atoms with Crippen LogP contribution in [0.25, 0.3) is 22.2 Å². The molecule has 12 nitrogen and oxygen atoms in total. The Labute approximate surface area is 267 Å². The van der Waals surface area contributed by atoms with Gasteiger partial charge >= 0.3 is 0 Å². The lowest BCUT2D eigenvalue weighted by Gasteiger charge is -2.40. The van der Waals surface area contributed by atoms with E-state index in [2.05, 4.69) is 22.1 Å². The van der Waals surface area contributed by atoms with Crippen molar-refractivity contribution in [3.05, 3.63) is 62.1 Å². The van der Waals surface area contributed by atoms with Crippen LogP contribution in [0.2, 0.25) is 10.0 Å². The van der Waals surface area contributed by atoms with Crippen LogP contribution in [0.1, 0.15) is 36.5 Å². The van der Waals surface area contributed by atoms with Crippen molar-refractivity contribution in [3.63, 3.8) is 0 Å². The molecule has 2 amide bonds. The number of amides is 2. The molecule has 0 radical (unpaired) electrons. The molecule has 236 valence electrons. The first kappa shape index (κ1) is 30.8. The van der Waals surface area contributed by atoms with E-state index in [1.54, 1.807) is 16.8 Å². The predicted molar refractivity (Wildman–Crippen MR) is 170 cm³/mol. The fourth-order valence-electron chi connectivity index (χ4n) is 6.14. The van der Waals surface area contributed by atoms with Crippen LogP contribution in [0, 0.1) is 5.95 Å². The zero-order chi connectivity index (χ0) is 32.2. The number of piperazine rings is 1. The molecule has 1 unspecified atom stereocenters. The number of aromatic hydroxyl groups is 1. The molecular weight excluding hydrogens is 626 g/mol. The van der Waals surface area contributed by atoms with E-state index in [0.29, 0.717) is 42.3 Å². The van der Waals surface area contributed by atoms with Gasteiger partial charge in [0.15, 0.2) is 0 Å². The summed E-state index contributed by atoms with van der Waals surface area (Å²) in [5.74, 6) is -1.88. The third kappa shape index (κ3) is 5.60. The molecule has 0 spiro atoms. The molecule has 4 N–H and O–H groups in total. The summed E-state index contributed by atoms with van der Waals surface area (Å²) in [5.41, 5.74) is 5.91. The highest BCUT2D eigenvalue weighted by molar-refractivity contribution is 6.34. The minimum Gasteiger partial charge on any atom is -0.506 e. The van der Waals surface area contributed by atoms with E-state index in [1.807, 2.05) is 11.8 Å². The number of primary amides is 1. The number of hydrogen-bond acceptors (Lipinski definition) is 8. The van der Waals surface area contributed by atoms with Crippen molar-refractivity contribution < 1.29 is 19.1 Å². The Balaban J connectivity index is 1.37. The Kier molecular flexibility index (Phi) is 8.18. The second-order valence-corrected chi connectivity index (χ2v) is 12.1. The minimum absolute atomic E-state index is 0.0652. The number of nitrogens with one attached hydrogen (secondary N) is 1. The van der Waals surface area contributed by atoms with Gasteiger partial charge in [-0.3, -0.25) is 23.9 Å². The van der Waals surface area contributed by atoms with Crippen LogP contribution in [0.4, 0.5) is 15.9 Å². The van der Waals surface area contributed by atoms with E-state index < -0.39 is 23.5 Å². The molecular formula is C30H31Cl2FN8O4. The summed E-state index contributed by atoms with van der Waals surface area (Å²) in [6.45, 7) is 7.44. The molecule has 0 aliphatic carbocycles. The van der Waals surface area contributed by atoms with E-state index >= 15 is 0 Å². The number of hydrogen-bond donors (Lipinski definition) is 3. The van der Waals surface area contributed by atoms with Gasteiger partial charge in [-0.25, -0.2) is 9.97 Å². The first-order valence-electron chi connectivity index (χ1n) is 14.6. The van der Waals surface area contributed by atoms with Gasteiger partial charge in [0.2, 0.25) is 11.9 Å². The molecule has 1 fully saturated rings. The molecule has 6 rings (SSSR count). The summed E-state index contributed by atoms with van der Waals surface area (Å²) >= 11 is 12.5. The van der Waals surface area contributed by atoms with Crippen molar-refractivity contribution in [1.29, 1.82) is 0 Å². The van der Waals surface area contributed by atoms with Gasteiger partial charge in [0.1, 0.15) is 34.6 Å². The fourth-order valence-corrected chi connectivity index (χ4v) is 6.50. The molecule has 0 saturated carbocycles. The van der Waals surface area contributed by atoms with Crippen LogP contribution >= 0.6 is 23.2 Å². The quantitative estimate of drug-likeness (QED) is 0.255. The van der Waals surface area contributed by atoms with Gasteiger partial charge in [-0.1, -0.05) is 30.1 Å². The standard InChI is InChI=1S/C30H31Cl2FN8O4/c1-3-38-7-8-40(15(2)12-38)22-11-20(25(32)27(33)36-22)35-23(42)14-39-13-18(16-9-17(28(34)44)26(43)19(31)10-16)24-29(39)37-21-5-4-6-41(21)30(24)45/h9-11,13,15,43H,3-8,12,14H2,1-2H3,(H2,34,44)(H,35,36,42). The van der Waals surface area contributed by atoms with Gasteiger partial charge in [-0.15, -0.1) is 0 Å². The highest BCUT2D eigenvalue weighted by Gasteiger charge is 2.27. The van der Waals surface area contributed by atoms with Gasteiger partial charge in [0.25, 0.3) is 11.5 Å². The number of nitrogens with two attached hydrogens (primary N) is 1. The lowest BCUT2D eigenvalue weighted by Crippen LogP contribution is -2.52. The molecule has 2 aliphatic rings. The largest absolute Gasteiger partial charge is 0.506 e. The lowest BCUT2D eigenvalue weighted by molar-refractivity contribution is -0.116. The summed E-state index contributed by atoms with van der Waals surface area (Å²) < 4.78 is 18.0. The van der Waals surface area contributed by atoms with Crippen molar-refractivity contribution in [3.8, 4) is 16.9 Å². The molecule has 1 atom stereocenters. The highest BCUT2D eigenvalue weighted by atomic mass is 35.5. The number of anilines is 2. The average Bonchev–Trinajstić information content (AvgIpc) is 3.62. The van der Waals surface area contributed by atoms with Crippen LogP contribution in [-0.2, 0) is 24.3 Å². The first-order chi connectivity index (χ1) is 21.5. The topological polar surface area (TPSA) is 152 Å². The van der Waals surface area contributed by atoms with Gasteiger partial charge < -0.3 is 25.6 Å². The summed E-state index contributed by atoms with van der Waals surface area (Å²) in [5, 5.41) is 12.7. The maximum Gasteiger partial charge on any atom is 0.263 e. The minimum atomic E-state index is -0.905. The third-order valence-electron chi connectivity index (χ3n) is 8.42. The smallest absolute Gasteiger partial charge is 0.263 e. The van der Waals surface area contributed by atoms with E-state index in [4.69, 9.17) is 33.9 Å². The Bertz CT molecular complexity index is 1930. The number of pyridine rings is 1. The zero-order valence-electron chi connectivity index (χ0n) is 24.6. The van der Waals surface area contributed by atoms with Crippen LogP contribution in [0.5, 0.6) is 5.75 Å². The summed E-state index contributed by atoms with van der Waals surface area (Å²) in [4.78, 5) is 52.2. The van der Waals surface area contributed by atoms with Crippen LogP contribution in [-0.4, -0.2) is 73.1 Å². The molecule has 1 saturated heterocycles. The van der Waals surface area contributed by atoms with Gasteiger partial charge in [0.05, 0.1) is 21.7 Å². The number of carbonyl (C=O) groups excluding carboxylic acids is 2. The number of fused-ring (bicyclic) bond motifs is 2. The Morgan fingerprint density at radius 3 is 2.67 bits per heavy atom. The van der Waals surface area contributed by atoms with Crippen molar-refractivity contribution in [1.82, 2.24) is 24.0 Å². The number of nitrogens with zero attached hydrogens (tertiary/aromatic N) is 6. The van der Waals surface area contributed by atoms with Crippen molar-refractivity contribution in [2.75, 3.05) is 36.4 Å². The van der Waals surface area contributed by atoms with E-state index in [0.717, 1.165) is 26.1 Å². The molecule has 15 heteroatoms. The van der Waals surface area contributed by atoms with E-state index in [1.165, 1.54) is 16.7 Å². The first-order valence-corrected chi connectivity index (χ1v) is 15.3. The van der Waals surface area contributed by atoms with Gasteiger partial charge in [-0.05, 0) is 37.6 Å². The van der Waals surface area contributed by atoms with Crippen molar-refractivity contribution >= 4 is 57.6 Å². The number of aromatic nitrogens is 4. The summed E-state index contributed by atoms with van der Waals surface area (Å²) in [6, 6.07) is 4.36. The predicted octanol–water partition coefficient (Wildman–Crippen LogP) is 3.63. The van der Waals surface area contributed by atoms with Gasteiger partial charge in [0, 0.05) is 56.5 Å². The second-order valence-electron chi connectivity index (χ2n) is 11.3. The number of halogens is 3. The Morgan fingerprint density at radius 2 is 1.96 bits per heavy atom. The maximum atomic E-state index is 14.9. The summed E-state index contributed by atoms with van der Waals surface area (Å²) in [6.07, 6.45) is 2.88. The molecule has 1 aromatic carbocycles. The van der Waals surface area contributed by atoms with Crippen molar-refractivity contribution in [2.45, 2.75) is 45.8 Å². The van der Waals surface area contributed by atoms with Crippen LogP contribution < -0.4 is 21.5 Å². The second kappa shape index (κ2) is 12.0. The molecule has 2 aliphatic heterocycles. The molecule has 5 heterocycles. The molecule has 3 aromatic heterocycles. The number of aryl methyl sites for hydroxylation is 1. The number of benzene rings is 1. The Hall–Kier alpha value is -4.20. The SMILES string of the molecule is CCN1CCN(c2cc(NC(=O)Cn3cc(-c4cc(Cl)c(O)c(C(N)=O)c4)c4c(=O)n5c(nc43)CCC5)c(Cl)c(F)n2)C(C)C1.